The van der Waals surface area contributed by atoms with Crippen molar-refractivity contribution in [2.45, 2.75) is 32.1 Å². The van der Waals surface area contributed by atoms with E-state index in [1.807, 2.05) is 24.3 Å². The Hall–Kier alpha value is -1.88. The van der Waals surface area contributed by atoms with E-state index in [0.29, 0.717) is 19.6 Å². The van der Waals surface area contributed by atoms with Crippen LogP contribution < -0.4 is 10.6 Å². The summed E-state index contributed by atoms with van der Waals surface area (Å²) in [6.45, 7) is 1.03. The summed E-state index contributed by atoms with van der Waals surface area (Å²) in [4.78, 5) is 23.7. The van der Waals surface area contributed by atoms with Crippen molar-refractivity contribution < 1.29 is 14.3 Å². The number of rotatable bonds is 7. The van der Waals surface area contributed by atoms with E-state index in [1.165, 1.54) is 0 Å². The Labute approximate surface area is 131 Å². The number of methoxy groups -OCH3 is 1. The normalized spacial score (nSPS) is 14.8. The Morgan fingerprint density at radius 1 is 1.18 bits per heavy atom. The quantitative estimate of drug-likeness (QED) is 0.758. The van der Waals surface area contributed by atoms with E-state index >= 15 is 0 Å². The van der Waals surface area contributed by atoms with Gasteiger partial charge in [0.25, 0.3) is 0 Å². The minimum atomic E-state index is -0.0280. The maximum absolute atomic E-state index is 12.0. The monoisotopic (exact) mass is 304 g/mol. The number of ether oxygens (including phenoxy) is 1. The number of carbonyl (C=O) groups excluding carboxylic acids is 2. The summed E-state index contributed by atoms with van der Waals surface area (Å²) >= 11 is 0. The van der Waals surface area contributed by atoms with Crippen LogP contribution in [0.15, 0.2) is 24.3 Å². The van der Waals surface area contributed by atoms with Gasteiger partial charge in [-0.3, -0.25) is 9.59 Å². The minimum absolute atomic E-state index is 0.0280. The maximum atomic E-state index is 12.0. The van der Waals surface area contributed by atoms with Gasteiger partial charge in [0, 0.05) is 25.3 Å². The van der Waals surface area contributed by atoms with Crippen LogP contribution in [0.5, 0.6) is 0 Å². The number of benzene rings is 1. The second-order valence-electron chi connectivity index (χ2n) is 5.69. The molecule has 0 saturated heterocycles. The Bertz CT molecular complexity index is 493. The molecule has 0 spiro atoms. The van der Waals surface area contributed by atoms with Gasteiger partial charge in [-0.1, -0.05) is 25.0 Å². The zero-order chi connectivity index (χ0) is 15.8. The van der Waals surface area contributed by atoms with Crippen molar-refractivity contribution in [2.24, 2.45) is 5.92 Å². The van der Waals surface area contributed by atoms with Crippen molar-refractivity contribution in [1.29, 1.82) is 0 Å². The molecule has 0 aromatic heterocycles. The fourth-order valence-electron chi connectivity index (χ4n) is 2.68. The molecule has 1 aromatic carbocycles. The summed E-state index contributed by atoms with van der Waals surface area (Å²) < 4.78 is 4.88. The van der Waals surface area contributed by atoms with Crippen LogP contribution in [-0.4, -0.2) is 32.1 Å². The lowest BCUT2D eigenvalue weighted by Gasteiger charge is -2.11. The highest BCUT2D eigenvalue weighted by Gasteiger charge is 2.22. The van der Waals surface area contributed by atoms with E-state index in [9.17, 15) is 9.59 Å². The Morgan fingerprint density at radius 2 is 1.86 bits per heavy atom. The number of anilines is 1. The molecule has 5 nitrogen and oxygen atoms in total. The van der Waals surface area contributed by atoms with Gasteiger partial charge in [-0.15, -0.1) is 0 Å². The molecule has 1 aliphatic carbocycles. The first kappa shape index (κ1) is 16.5. The van der Waals surface area contributed by atoms with Gasteiger partial charge in [0.1, 0.15) is 0 Å². The number of hydrogen-bond donors (Lipinski definition) is 2. The van der Waals surface area contributed by atoms with Crippen LogP contribution in [0.25, 0.3) is 0 Å². The molecule has 22 heavy (non-hydrogen) atoms. The average Bonchev–Trinajstić information content (AvgIpc) is 3.04. The summed E-state index contributed by atoms with van der Waals surface area (Å²) in [6.07, 6.45) is 4.61. The standard InChI is InChI=1S/C17H24N2O3/c1-22-11-10-18-16(20)12-13-6-8-15(9-7-13)19-17(21)14-4-2-3-5-14/h6-9,14H,2-5,10-12H2,1H3,(H,18,20)(H,19,21). The van der Waals surface area contributed by atoms with Crippen LogP contribution >= 0.6 is 0 Å². The van der Waals surface area contributed by atoms with Crippen molar-refractivity contribution in [3.05, 3.63) is 29.8 Å². The Morgan fingerprint density at radius 3 is 2.50 bits per heavy atom. The molecule has 1 saturated carbocycles. The molecule has 2 rings (SSSR count). The first-order chi connectivity index (χ1) is 10.7. The van der Waals surface area contributed by atoms with Crippen LogP contribution in [0.4, 0.5) is 5.69 Å². The summed E-state index contributed by atoms with van der Waals surface area (Å²) in [5.74, 6) is 0.244. The van der Waals surface area contributed by atoms with E-state index in [2.05, 4.69) is 10.6 Å². The van der Waals surface area contributed by atoms with Crippen LogP contribution in [0.3, 0.4) is 0 Å². The highest BCUT2D eigenvalue weighted by Crippen LogP contribution is 2.26. The Balaban J connectivity index is 1.79. The zero-order valence-corrected chi connectivity index (χ0v) is 13.1. The number of amides is 2. The third-order valence-electron chi connectivity index (χ3n) is 3.94. The average molecular weight is 304 g/mol. The zero-order valence-electron chi connectivity index (χ0n) is 13.1. The van der Waals surface area contributed by atoms with Crippen molar-refractivity contribution in [1.82, 2.24) is 5.32 Å². The van der Waals surface area contributed by atoms with Crippen LogP contribution in [0.2, 0.25) is 0 Å². The van der Waals surface area contributed by atoms with E-state index in [0.717, 1.165) is 36.9 Å². The molecule has 0 aliphatic heterocycles. The van der Waals surface area contributed by atoms with Gasteiger partial charge in [-0.05, 0) is 30.5 Å². The molecular formula is C17H24N2O3. The fourth-order valence-corrected chi connectivity index (χ4v) is 2.68. The predicted molar refractivity (Wildman–Crippen MR) is 85.6 cm³/mol. The van der Waals surface area contributed by atoms with Gasteiger partial charge in [-0.2, -0.15) is 0 Å². The van der Waals surface area contributed by atoms with Gasteiger partial charge in [-0.25, -0.2) is 0 Å². The summed E-state index contributed by atoms with van der Waals surface area (Å²) in [5.41, 5.74) is 1.72. The second kappa shape index (κ2) is 8.54. The summed E-state index contributed by atoms with van der Waals surface area (Å²) in [7, 11) is 1.60. The Kier molecular flexibility index (Phi) is 6.40. The lowest BCUT2D eigenvalue weighted by molar-refractivity contribution is -0.121. The summed E-state index contributed by atoms with van der Waals surface area (Å²) in [6, 6.07) is 7.45. The fraction of sp³-hybridized carbons (Fsp3) is 0.529. The first-order valence-electron chi connectivity index (χ1n) is 7.84. The van der Waals surface area contributed by atoms with Gasteiger partial charge in [0.15, 0.2) is 0 Å². The van der Waals surface area contributed by atoms with E-state index in [-0.39, 0.29) is 17.7 Å². The van der Waals surface area contributed by atoms with Crippen LogP contribution in [0.1, 0.15) is 31.2 Å². The smallest absolute Gasteiger partial charge is 0.227 e. The number of carbonyl (C=O) groups is 2. The molecule has 2 N–H and O–H groups in total. The molecular weight excluding hydrogens is 280 g/mol. The van der Waals surface area contributed by atoms with E-state index in [4.69, 9.17) is 4.74 Å². The third kappa shape index (κ3) is 5.15. The van der Waals surface area contributed by atoms with Crippen molar-refractivity contribution in [2.75, 3.05) is 25.6 Å². The minimum Gasteiger partial charge on any atom is -0.383 e. The van der Waals surface area contributed by atoms with E-state index < -0.39 is 0 Å². The molecule has 0 bridgehead atoms. The third-order valence-corrected chi connectivity index (χ3v) is 3.94. The highest BCUT2D eigenvalue weighted by atomic mass is 16.5. The lowest BCUT2D eigenvalue weighted by Crippen LogP contribution is -2.28. The summed E-state index contributed by atoms with van der Waals surface area (Å²) in [5, 5.41) is 5.73. The predicted octanol–water partition coefficient (Wildman–Crippen LogP) is 2.12. The molecule has 120 valence electrons. The van der Waals surface area contributed by atoms with Gasteiger partial charge >= 0.3 is 0 Å². The van der Waals surface area contributed by atoms with Gasteiger partial charge in [0.05, 0.1) is 13.0 Å². The SMILES string of the molecule is COCCNC(=O)Cc1ccc(NC(=O)C2CCCC2)cc1. The molecule has 1 fully saturated rings. The largest absolute Gasteiger partial charge is 0.383 e. The molecule has 0 radical (unpaired) electrons. The highest BCUT2D eigenvalue weighted by molar-refractivity contribution is 5.92. The first-order valence-corrected chi connectivity index (χ1v) is 7.84. The molecule has 0 atom stereocenters. The molecule has 5 heteroatoms. The second-order valence-corrected chi connectivity index (χ2v) is 5.69. The van der Waals surface area contributed by atoms with Crippen molar-refractivity contribution in [3.8, 4) is 0 Å². The molecule has 0 unspecified atom stereocenters. The van der Waals surface area contributed by atoms with Crippen LogP contribution in [-0.2, 0) is 20.7 Å². The molecule has 1 aromatic rings. The molecule has 0 heterocycles. The van der Waals surface area contributed by atoms with Crippen LogP contribution in [0, 0.1) is 5.92 Å². The molecule has 2 amide bonds. The maximum Gasteiger partial charge on any atom is 0.227 e. The van der Waals surface area contributed by atoms with Gasteiger partial charge in [0.2, 0.25) is 11.8 Å². The lowest BCUT2D eigenvalue weighted by atomic mass is 10.1. The van der Waals surface area contributed by atoms with E-state index in [1.54, 1.807) is 7.11 Å². The van der Waals surface area contributed by atoms with Crippen molar-refractivity contribution >= 4 is 17.5 Å². The number of nitrogens with one attached hydrogen (secondary N) is 2. The molecule has 1 aliphatic rings. The van der Waals surface area contributed by atoms with Gasteiger partial charge < -0.3 is 15.4 Å². The number of hydrogen-bond acceptors (Lipinski definition) is 3. The topological polar surface area (TPSA) is 67.4 Å². The van der Waals surface area contributed by atoms with Crippen molar-refractivity contribution in [3.63, 3.8) is 0 Å².